The zero-order valence-electron chi connectivity index (χ0n) is 12.6. The van der Waals surface area contributed by atoms with E-state index in [2.05, 4.69) is 26.6 Å². The summed E-state index contributed by atoms with van der Waals surface area (Å²) in [5.74, 6) is -0.0834. The standard InChI is InChI=1S/C17H20N4O/c22-17(16-13-5-1-2-6-15(13)20-21-16)19-10-11-8-12-4-3-7-14(12)18-9-11/h8-9H,1-7,10H2,(H,19,22)(H,20,21). The summed E-state index contributed by atoms with van der Waals surface area (Å²) in [4.78, 5) is 16.9. The summed E-state index contributed by atoms with van der Waals surface area (Å²) in [5.41, 5.74) is 6.44. The van der Waals surface area contributed by atoms with Gasteiger partial charge in [-0.25, -0.2) is 0 Å². The van der Waals surface area contributed by atoms with Gasteiger partial charge in [-0.2, -0.15) is 5.10 Å². The molecule has 2 aliphatic rings. The van der Waals surface area contributed by atoms with Gasteiger partial charge in [-0.15, -0.1) is 0 Å². The van der Waals surface area contributed by atoms with Gasteiger partial charge in [0.25, 0.3) is 5.91 Å². The van der Waals surface area contributed by atoms with Gasteiger partial charge in [0.05, 0.1) is 0 Å². The van der Waals surface area contributed by atoms with Crippen molar-refractivity contribution in [2.45, 2.75) is 51.5 Å². The Bertz CT molecular complexity index is 719. The fourth-order valence-corrected chi connectivity index (χ4v) is 3.51. The lowest BCUT2D eigenvalue weighted by molar-refractivity contribution is 0.0945. The van der Waals surface area contributed by atoms with Crippen molar-refractivity contribution >= 4 is 5.91 Å². The number of nitrogens with one attached hydrogen (secondary N) is 2. The molecule has 114 valence electrons. The van der Waals surface area contributed by atoms with E-state index >= 15 is 0 Å². The second kappa shape index (κ2) is 5.55. The Morgan fingerprint density at radius 3 is 3.05 bits per heavy atom. The number of carbonyl (C=O) groups excluding carboxylic acids is 1. The summed E-state index contributed by atoms with van der Waals surface area (Å²) in [6.07, 6.45) is 9.54. The maximum Gasteiger partial charge on any atom is 0.272 e. The van der Waals surface area contributed by atoms with Crippen LogP contribution in [0.4, 0.5) is 0 Å². The maximum absolute atomic E-state index is 12.4. The van der Waals surface area contributed by atoms with Crippen LogP contribution in [0.2, 0.25) is 0 Å². The molecule has 2 aliphatic carbocycles. The van der Waals surface area contributed by atoms with Gasteiger partial charge >= 0.3 is 0 Å². The number of H-pyrrole nitrogens is 1. The molecule has 0 spiro atoms. The number of hydrogen-bond donors (Lipinski definition) is 2. The molecular formula is C17H20N4O. The van der Waals surface area contributed by atoms with E-state index < -0.39 is 0 Å². The van der Waals surface area contributed by atoms with Crippen molar-refractivity contribution in [2.24, 2.45) is 0 Å². The van der Waals surface area contributed by atoms with Crippen molar-refractivity contribution in [3.05, 3.63) is 46.0 Å². The molecule has 5 heteroatoms. The van der Waals surface area contributed by atoms with E-state index in [0.29, 0.717) is 12.2 Å². The van der Waals surface area contributed by atoms with Crippen LogP contribution in [0, 0.1) is 0 Å². The molecule has 2 aromatic heterocycles. The molecule has 1 amide bonds. The summed E-state index contributed by atoms with van der Waals surface area (Å²) in [7, 11) is 0. The third-order valence-corrected chi connectivity index (χ3v) is 4.70. The van der Waals surface area contributed by atoms with Crippen LogP contribution in [-0.4, -0.2) is 21.1 Å². The molecular weight excluding hydrogens is 276 g/mol. The number of aromatic nitrogens is 3. The molecule has 0 bridgehead atoms. The number of pyridine rings is 1. The SMILES string of the molecule is O=C(NCc1cnc2c(c1)CCC2)c1n[nH]c2c1CCCC2. The van der Waals surface area contributed by atoms with Crippen LogP contribution in [0.5, 0.6) is 0 Å². The molecule has 2 N–H and O–H groups in total. The predicted octanol–water partition coefficient (Wildman–Crippen LogP) is 2.10. The van der Waals surface area contributed by atoms with Crippen molar-refractivity contribution in [1.82, 2.24) is 20.5 Å². The highest BCUT2D eigenvalue weighted by atomic mass is 16.1. The normalized spacial score (nSPS) is 16.2. The molecule has 4 rings (SSSR count). The zero-order valence-corrected chi connectivity index (χ0v) is 12.6. The average Bonchev–Trinajstić information content (AvgIpc) is 3.18. The van der Waals surface area contributed by atoms with Gasteiger partial charge < -0.3 is 5.32 Å². The highest BCUT2D eigenvalue weighted by molar-refractivity contribution is 5.94. The lowest BCUT2D eigenvalue weighted by Gasteiger charge is -2.11. The largest absolute Gasteiger partial charge is 0.346 e. The second-order valence-electron chi connectivity index (χ2n) is 6.22. The summed E-state index contributed by atoms with van der Waals surface area (Å²) in [6, 6.07) is 2.18. The van der Waals surface area contributed by atoms with E-state index in [-0.39, 0.29) is 5.91 Å². The van der Waals surface area contributed by atoms with E-state index in [0.717, 1.165) is 48.9 Å². The third kappa shape index (κ3) is 2.40. The van der Waals surface area contributed by atoms with E-state index in [4.69, 9.17) is 0 Å². The lowest BCUT2D eigenvalue weighted by Crippen LogP contribution is -2.24. The number of nitrogens with zero attached hydrogens (tertiary/aromatic N) is 2. The van der Waals surface area contributed by atoms with Crippen LogP contribution >= 0.6 is 0 Å². The number of fused-ring (bicyclic) bond motifs is 2. The van der Waals surface area contributed by atoms with Crippen LogP contribution in [-0.2, 0) is 32.2 Å². The first-order chi connectivity index (χ1) is 10.8. The van der Waals surface area contributed by atoms with Crippen molar-refractivity contribution in [2.75, 3.05) is 0 Å². The first-order valence-corrected chi connectivity index (χ1v) is 8.12. The van der Waals surface area contributed by atoms with Gasteiger partial charge in [0.15, 0.2) is 5.69 Å². The van der Waals surface area contributed by atoms with Crippen molar-refractivity contribution < 1.29 is 4.79 Å². The highest BCUT2D eigenvalue weighted by Crippen LogP contribution is 2.22. The molecule has 0 unspecified atom stereocenters. The van der Waals surface area contributed by atoms with Crippen LogP contribution in [0.15, 0.2) is 12.3 Å². The molecule has 0 saturated carbocycles. The third-order valence-electron chi connectivity index (χ3n) is 4.70. The monoisotopic (exact) mass is 296 g/mol. The van der Waals surface area contributed by atoms with Crippen LogP contribution < -0.4 is 5.32 Å². The van der Waals surface area contributed by atoms with Crippen molar-refractivity contribution in [1.29, 1.82) is 0 Å². The van der Waals surface area contributed by atoms with E-state index in [1.54, 1.807) is 0 Å². The lowest BCUT2D eigenvalue weighted by atomic mass is 9.96. The number of hydrogen-bond acceptors (Lipinski definition) is 3. The van der Waals surface area contributed by atoms with E-state index in [1.165, 1.54) is 24.1 Å². The molecule has 0 fully saturated rings. The Morgan fingerprint density at radius 2 is 2.09 bits per heavy atom. The highest BCUT2D eigenvalue weighted by Gasteiger charge is 2.21. The molecule has 0 saturated heterocycles. The minimum Gasteiger partial charge on any atom is -0.346 e. The summed E-state index contributed by atoms with van der Waals surface area (Å²) >= 11 is 0. The molecule has 0 aromatic carbocycles. The second-order valence-corrected chi connectivity index (χ2v) is 6.22. The molecule has 2 aromatic rings. The number of aromatic amines is 1. The molecule has 22 heavy (non-hydrogen) atoms. The minimum absolute atomic E-state index is 0.0834. The summed E-state index contributed by atoms with van der Waals surface area (Å²) in [5, 5.41) is 10.2. The van der Waals surface area contributed by atoms with Crippen LogP contribution in [0.3, 0.4) is 0 Å². The van der Waals surface area contributed by atoms with Gasteiger partial charge in [-0.05, 0) is 56.1 Å². The molecule has 5 nitrogen and oxygen atoms in total. The number of amides is 1. The molecule has 0 aliphatic heterocycles. The minimum atomic E-state index is -0.0834. The quantitative estimate of drug-likeness (QED) is 0.911. The van der Waals surface area contributed by atoms with Gasteiger partial charge in [0.1, 0.15) is 0 Å². The number of rotatable bonds is 3. The molecule has 0 atom stereocenters. The smallest absolute Gasteiger partial charge is 0.272 e. The molecule has 2 heterocycles. The van der Waals surface area contributed by atoms with Crippen molar-refractivity contribution in [3.63, 3.8) is 0 Å². The maximum atomic E-state index is 12.4. The fourth-order valence-electron chi connectivity index (χ4n) is 3.51. The summed E-state index contributed by atoms with van der Waals surface area (Å²) in [6.45, 7) is 0.515. The zero-order chi connectivity index (χ0) is 14.9. The molecule has 0 radical (unpaired) electrons. The topological polar surface area (TPSA) is 70.7 Å². The van der Waals surface area contributed by atoms with E-state index in [9.17, 15) is 4.79 Å². The Labute approximate surface area is 129 Å². The Balaban J connectivity index is 1.45. The number of carbonyl (C=O) groups is 1. The van der Waals surface area contributed by atoms with Gasteiger partial charge in [0.2, 0.25) is 0 Å². The van der Waals surface area contributed by atoms with Crippen LogP contribution in [0.25, 0.3) is 0 Å². The fraction of sp³-hybridized carbons (Fsp3) is 0.471. The van der Waals surface area contributed by atoms with Crippen LogP contribution in [0.1, 0.15) is 57.8 Å². The average molecular weight is 296 g/mol. The van der Waals surface area contributed by atoms with Gasteiger partial charge in [0, 0.05) is 29.7 Å². The van der Waals surface area contributed by atoms with Gasteiger partial charge in [-0.1, -0.05) is 6.07 Å². The number of aryl methyl sites for hydroxylation is 3. The van der Waals surface area contributed by atoms with E-state index in [1.807, 2.05) is 6.20 Å². The Morgan fingerprint density at radius 1 is 1.18 bits per heavy atom. The Kier molecular flexibility index (Phi) is 3.41. The summed E-state index contributed by atoms with van der Waals surface area (Å²) < 4.78 is 0. The first kappa shape index (κ1) is 13.5. The predicted molar refractivity (Wildman–Crippen MR) is 82.7 cm³/mol. The first-order valence-electron chi connectivity index (χ1n) is 8.12. The van der Waals surface area contributed by atoms with Crippen molar-refractivity contribution in [3.8, 4) is 0 Å². The Hall–Kier alpha value is -2.17. The van der Waals surface area contributed by atoms with Gasteiger partial charge in [-0.3, -0.25) is 14.9 Å².